The van der Waals surface area contributed by atoms with Gasteiger partial charge in [0.05, 0.1) is 30.8 Å². The van der Waals surface area contributed by atoms with Crippen molar-refractivity contribution in [3.63, 3.8) is 0 Å². The van der Waals surface area contributed by atoms with Gasteiger partial charge in [0, 0.05) is 0 Å². The number of nitrogens with zero attached hydrogens (tertiary/aromatic N) is 1. The second kappa shape index (κ2) is 10.8. The summed E-state index contributed by atoms with van der Waals surface area (Å²) in [5, 5.41) is 2.91. The SMILES string of the molecule is COc1ccc(C(C)NC(=O)CN(c2cccc(C)c2C)S(=O)(=O)c2ccc(C)cc2)cc1OC. The number of amides is 1. The van der Waals surface area contributed by atoms with Crippen LogP contribution in [0.5, 0.6) is 11.5 Å². The summed E-state index contributed by atoms with van der Waals surface area (Å²) in [4.78, 5) is 13.3. The first-order chi connectivity index (χ1) is 16.6. The molecular formula is C27H32N2O5S. The van der Waals surface area contributed by atoms with E-state index in [1.807, 2.05) is 39.8 Å². The highest BCUT2D eigenvalue weighted by Gasteiger charge is 2.29. The lowest BCUT2D eigenvalue weighted by Crippen LogP contribution is -2.42. The molecule has 0 aliphatic rings. The van der Waals surface area contributed by atoms with Gasteiger partial charge in [-0.2, -0.15) is 0 Å². The fourth-order valence-electron chi connectivity index (χ4n) is 3.77. The Morgan fingerprint density at radius 3 is 2.23 bits per heavy atom. The van der Waals surface area contributed by atoms with Crippen molar-refractivity contribution in [3.05, 3.63) is 82.9 Å². The molecule has 7 nitrogen and oxygen atoms in total. The summed E-state index contributed by atoms with van der Waals surface area (Å²) < 4.78 is 39.1. The molecule has 3 aromatic rings. The van der Waals surface area contributed by atoms with Crippen LogP contribution in [0.4, 0.5) is 5.69 Å². The first-order valence-electron chi connectivity index (χ1n) is 11.3. The number of anilines is 1. The van der Waals surface area contributed by atoms with Gasteiger partial charge in [-0.1, -0.05) is 35.9 Å². The summed E-state index contributed by atoms with van der Waals surface area (Å²) in [5.74, 6) is 0.703. The molecule has 0 radical (unpaired) electrons. The van der Waals surface area contributed by atoms with Gasteiger partial charge in [-0.05, 0) is 74.7 Å². The molecule has 0 aromatic heterocycles. The monoisotopic (exact) mass is 496 g/mol. The van der Waals surface area contributed by atoms with Gasteiger partial charge in [0.25, 0.3) is 10.0 Å². The number of methoxy groups -OCH3 is 2. The third-order valence-electron chi connectivity index (χ3n) is 6.03. The summed E-state index contributed by atoms with van der Waals surface area (Å²) in [7, 11) is -0.890. The third kappa shape index (κ3) is 5.77. The van der Waals surface area contributed by atoms with Crippen LogP contribution in [0.15, 0.2) is 65.6 Å². The molecule has 0 bridgehead atoms. The Morgan fingerprint density at radius 1 is 0.943 bits per heavy atom. The molecule has 1 unspecified atom stereocenters. The van der Waals surface area contributed by atoms with Gasteiger partial charge in [-0.15, -0.1) is 0 Å². The van der Waals surface area contributed by atoms with Crippen LogP contribution in [0.2, 0.25) is 0 Å². The minimum absolute atomic E-state index is 0.129. The number of nitrogens with one attached hydrogen (secondary N) is 1. The molecule has 1 N–H and O–H groups in total. The number of ether oxygens (including phenoxy) is 2. The lowest BCUT2D eigenvalue weighted by atomic mass is 10.1. The van der Waals surface area contributed by atoms with Gasteiger partial charge < -0.3 is 14.8 Å². The van der Waals surface area contributed by atoms with E-state index in [0.29, 0.717) is 17.2 Å². The Hall–Kier alpha value is -3.52. The first kappa shape index (κ1) is 26.1. The van der Waals surface area contributed by atoms with Crippen LogP contribution in [0.1, 0.15) is 35.2 Å². The summed E-state index contributed by atoms with van der Waals surface area (Å²) in [6.45, 7) is 7.12. The molecule has 1 atom stereocenters. The zero-order valence-corrected chi connectivity index (χ0v) is 21.8. The average Bonchev–Trinajstić information content (AvgIpc) is 2.84. The molecule has 8 heteroatoms. The second-order valence-corrected chi connectivity index (χ2v) is 10.3. The van der Waals surface area contributed by atoms with Crippen molar-refractivity contribution < 1.29 is 22.7 Å². The van der Waals surface area contributed by atoms with Gasteiger partial charge in [0.2, 0.25) is 5.91 Å². The smallest absolute Gasteiger partial charge is 0.264 e. The van der Waals surface area contributed by atoms with Gasteiger partial charge in [0.1, 0.15) is 6.54 Å². The maximum absolute atomic E-state index is 13.7. The number of aryl methyl sites for hydroxylation is 2. The average molecular weight is 497 g/mol. The highest BCUT2D eigenvalue weighted by atomic mass is 32.2. The minimum atomic E-state index is -3.99. The van der Waals surface area contributed by atoms with Crippen molar-refractivity contribution >= 4 is 21.6 Å². The fraction of sp³-hybridized carbons (Fsp3) is 0.296. The number of carbonyl (C=O) groups is 1. The van der Waals surface area contributed by atoms with Crippen molar-refractivity contribution in [1.29, 1.82) is 0 Å². The maximum atomic E-state index is 13.7. The standard InChI is InChI=1S/C27H32N2O5S/c1-18-10-13-23(14-11-18)35(31,32)29(24-9-7-8-19(2)20(24)3)17-27(30)28-21(4)22-12-15-25(33-5)26(16-22)34-6/h7-16,21H,17H2,1-6H3,(H,28,30). The Bertz CT molecular complexity index is 1300. The number of carbonyl (C=O) groups excluding carboxylic acids is 1. The van der Waals surface area contributed by atoms with Gasteiger partial charge in [-0.3, -0.25) is 9.10 Å². The van der Waals surface area contributed by atoms with E-state index in [9.17, 15) is 13.2 Å². The summed E-state index contributed by atoms with van der Waals surface area (Å²) in [6, 6.07) is 17.0. The number of benzene rings is 3. The fourth-order valence-corrected chi connectivity index (χ4v) is 5.24. The van der Waals surface area contributed by atoms with Crippen LogP contribution in [0, 0.1) is 20.8 Å². The van der Waals surface area contributed by atoms with Crippen LogP contribution < -0.4 is 19.1 Å². The third-order valence-corrected chi connectivity index (χ3v) is 7.80. The number of rotatable bonds is 9. The summed E-state index contributed by atoms with van der Waals surface area (Å²) in [6.07, 6.45) is 0. The zero-order valence-electron chi connectivity index (χ0n) is 21.0. The molecule has 0 aliphatic carbocycles. The van der Waals surface area contributed by atoms with E-state index < -0.39 is 15.9 Å². The van der Waals surface area contributed by atoms with Crippen molar-refractivity contribution in [2.45, 2.75) is 38.6 Å². The highest BCUT2D eigenvalue weighted by Crippen LogP contribution is 2.31. The Balaban J connectivity index is 1.92. The first-order valence-corrected chi connectivity index (χ1v) is 12.7. The van der Waals surface area contributed by atoms with Crippen LogP contribution in [0.3, 0.4) is 0 Å². The number of hydrogen-bond acceptors (Lipinski definition) is 5. The molecule has 3 rings (SSSR count). The minimum Gasteiger partial charge on any atom is -0.493 e. The predicted octanol–water partition coefficient (Wildman–Crippen LogP) is 4.70. The van der Waals surface area contributed by atoms with Gasteiger partial charge >= 0.3 is 0 Å². The lowest BCUT2D eigenvalue weighted by Gasteiger charge is -2.27. The molecule has 0 aliphatic heterocycles. The number of sulfonamides is 1. The van der Waals surface area contributed by atoms with E-state index in [0.717, 1.165) is 22.3 Å². The zero-order chi connectivity index (χ0) is 25.8. The molecule has 0 fully saturated rings. The molecule has 1 amide bonds. The normalized spacial score (nSPS) is 12.1. The molecule has 35 heavy (non-hydrogen) atoms. The highest BCUT2D eigenvalue weighted by molar-refractivity contribution is 7.92. The molecule has 0 spiro atoms. The predicted molar refractivity (Wildman–Crippen MR) is 138 cm³/mol. The van der Waals surface area contributed by atoms with Gasteiger partial charge in [-0.25, -0.2) is 8.42 Å². The largest absolute Gasteiger partial charge is 0.493 e. The van der Waals surface area contributed by atoms with Crippen LogP contribution in [0.25, 0.3) is 0 Å². The summed E-state index contributed by atoms with van der Waals surface area (Å²) >= 11 is 0. The van der Waals surface area contributed by atoms with E-state index >= 15 is 0 Å². The second-order valence-electron chi connectivity index (χ2n) is 8.45. The Kier molecular flexibility index (Phi) is 8.07. The summed E-state index contributed by atoms with van der Waals surface area (Å²) in [5.41, 5.74) is 3.95. The van der Waals surface area contributed by atoms with E-state index in [4.69, 9.17) is 9.47 Å². The van der Waals surface area contributed by atoms with Crippen molar-refractivity contribution in [3.8, 4) is 11.5 Å². The Labute approximate surface area is 207 Å². The van der Waals surface area contributed by atoms with E-state index in [1.54, 1.807) is 62.8 Å². The van der Waals surface area contributed by atoms with Crippen molar-refractivity contribution in [1.82, 2.24) is 5.32 Å². The molecule has 3 aromatic carbocycles. The van der Waals surface area contributed by atoms with Crippen LogP contribution in [-0.4, -0.2) is 35.1 Å². The van der Waals surface area contributed by atoms with E-state index in [-0.39, 0.29) is 17.5 Å². The molecule has 0 saturated heterocycles. The maximum Gasteiger partial charge on any atom is 0.264 e. The van der Waals surface area contributed by atoms with Crippen molar-refractivity contribution in [2.75, 3.05) is 25.1 Å². The van der Waals surface area contributed by atoms with Gasteiger partial charge in [0.15, 0.2) is 11.5 Å². The molecule has 0 heterocycles. The molecule has 186 valence electrons. The van der Waals surface area contributed by atoms with E-state index in [1.165, 1.54) is 4.31 Å². The topological polar surface area (TPSA) is 84.9 Å². The van der Waals surface area contributed by atoms with Crippen LogP contribution >= 0.6 is 0 Å². The Morgan fingerprint density at radius 2 is 1.60 bits per heavy atom. The molecule has 0 saturated carbocycles. The van der Waals surface area contributed by atoms with E-state index in [2.05, 4.69) is 5.32 Å². The number of hydrogen-bond donors (Lipinski definition) is 1. The van der Waals surface area contributed by atoms with Crippen molar-refractivity contribution in [2.24, 2.45) is 0 Å². The quantitative estimate of drug-likeness (QED) is 0.464. The lowest BCUT2D eigenvalue weighted by molar-refractivity contribution is -0.120. The van der Waals surface area contributed by atoms with Crippen LogP contribution in [-0.2, 0) is 14.8 Å². The molecular weight excluding hydrogens is 464 g/mol.